The quantitative estimate of drug-likeness (QED) is 0.0792. The second-order valence-electron chi connectivity index (χ2n) is 11.8. The predicted octanol–water partition coefficient (Wildman–Crippen LogP) is -7.14. The third kappa shape index (κ3) is 9.44. The van der Waals surface area contributed by atoms with E-state index < -0.39 is 92.0 Å². The first kappa shape index (κ1) is 37.3. The van der Waals surface area contributed by atoms with Crippen molar-refractivity contribution in [3.63, 3.8) is 0 Å². The van der Waals surface area contributed by atoms with Crippen LogP contribution in [0.1, 0.15) is 25.7 Å². The Balaban J connectivity index is 1.79. The van der Waals surface area contributed by atoms with E-state index in [1.807, 2.05) is 0 Å². The molecule has 6 unspecified atom stereocenters. The number of hydrogen-bond acceptors (Lipinski definition) is 17. The van der Waals surface area contributed by atoms with Crippen LogP contribution in [0.3, 0.4) is 0 Å². The zero-order chi connectivity index (χ0) is 32.6. The topological polar surface area (TPSA) is 327 Å². The molecule has 18 nitrogen and oxygen atoms in total. The highest BCUT2D eigenvalue weighted by Crippen LogP contribution is 2.31. The van der Waals surface area contributed by atoms with Gasteiger partial charge in [0.1, 0.15) is 42.7 Å². The number of aliphatic hydroxyl groups excluding tert-OH is 5. The number of nitrogens with zero attached hydrogens (tertiary/aromatic N) is 1. The van der Waals surface area contributed by atoms with Crippen molar-refractivity contribution < 1.29 is 49.3 Å². The molecule has 258 valence electrons. The lowest BCUT2D eigenvalue weighted by atomic mass is 9.83. The number of carbonyl (C=O) groups excluding carboxylic acids is 1. The number of aliphatic hydroxyl groups is 5. The highest BCUT2D eigenvalue weighted by molar-refractivity contribution is 5.80. The van der Waals surface area contributed by atoms with Gasteiger partial charge < -0.3 is 84.2 Å². The summed E-state index contributed by atoms with van der Waals surface area (Å²) in [6.07, 6.45) is -10.9. The van der Waals surface area contributed by atoms with Crippen molar-refractivity contribution >= 4 is 5.91 Å². The van der Waals surface area contributed by atoms with E-state index >= 15 is 0 Å². The average molecular weight is 639 g/mol. The summed E-state index contributed by atoms with van der Waals surface area (Å²) in [4.78, 5) is 14.8. The summed E-state index contributed by atoms with van der Waals surface area (Å²) in [6.45, 7) is 2.18. The first-order valence-electron chi connectivity index (χ1n) is 15.3. The van der Waals surface area contributed by atoms with E-state index in [2.05, 4.69) is 10.2 Å². The van der Waals surface area contributed by atoms with E-state index in [0.717, 1.165) is 0 Å². The second-order valence-corrected chi connectivity index (χ2v) is 11.8. The Kier molecular flexibility index (Phi) is 15.0. The summed E-state index contributed by atoms with van der Waals surface area (Å²) in [5.41, 5.74) is 35.7. The zero-order valence-corrected chi connectivity index (χ0v) is 25.0. The smallest absolute Gasteiger partial charge is 0.249 e. The summed E-state index contributed by atoms with van der Waals surface area (Å²) < 4.78 is 24.0. The molecule has 3 rings (SSSR count). The molecule has 1 aliphatic carbocycles. The number of hydrogen-bond donors (Lipinski definition) is 12. The molecule has 2 saturated heterocycles. The van der Waals surface area contributed by atoms with Gasteiger partial charge >= 0.3 is 0 Å². The summed E-state index contributed by atoms with van der Waals surface area (Å²) in [5.74, 6) is -0.765. The fraction of sp³-hybridized carbons (Fsp3) is 0.962. The standard InChI is InChI=1S/C26H54N8O10/c27-4-3-16(36)24(40)33-15-9-14(31)22(21(39)23(15)44-26-20(38)18(32)19(37)17(11-35)42-26)43-25-13(30)2-1-12(41-25)10-34(7-5-28)8-6-29/h12-23,25-26,35-39H,1-11,27-32H2,(H,33,40)/t12?,13?,14-,15+,16-,17?,18-,19-,20?,21?,22?,23+,25-,26-/m0/s1. The van der Waals surface area contributed by atoms with Gasteiger partial charge in [0, 0.05) is 38.8 Å². The molecule has 2 heterocycles. The van der Waals surface area contributed by atoms with Crippen LogP contribution >= 0.6 is 0 Å². The van der Waals surface area contributed by atoms with Crippen molar-refractivity contribution in [1.29, 1.82) is 0 Å². The van der Waals surface area contributed by atoms with Crippen molar-refractivity contribution in [3.8, 4) is 0 Å². The molecule has 1 saturated carbocycles. The molecule has 0 aromatic rings. The second kappa shape index (κ2) is 17.7. The van der Waals surface area contributed by atoms with Gasteiger partial charge in [0.05, 0.1) is 30.8 Å². The van der Waals surface area contributed by atoms with Crippen molar-refractivity contribution in [1.82, 2.24) is 10.2 Å². The SMILES string of the molecule is NCC[C@H](O)C(=O)N[C@@H]1C[C@H](N)C(O[C@@H]2OC(CN(CCN)CCN)CCC2N)C(O)[C@@H]1O[C@@H]1OC(CO)[C@H](O)[C@H](N)C1O. The van der Waals surface area contributed by atoms with E-state index in [0.29, 0.717) is 45.6 Å². The van der Waals surface area contributed by atoms with E-state index in [9.17, 15) is 30.3 Å². The van der Waals surface area contributed by atoms with Gasteiger partial charge in [-0.25, -0.2) is 0 Å². The van der Waals surface area contributed by atoms with Crippen molar-refractivity contribution in [2.24, 2.45) is 34.4 Å². The third-order valence-electron chi connectivity index (χ3n) is 8.46. The number of ether oxygens (including phenoxy) is 4. The lowest BCUT2D eigenvalue weighted by Gasteiger charge is -2.48. The van der Waals surface area contributed by atoms with Crippen molar-refractivity contribution in [2.45, 2.75) is 111 Å². The molecule has 2 aliphatic heterocycles. The highest BCUT2D eigenvalue weighted by Gasteiger charge is 2.51. The zero-order valence-electron chi connectivity index (χ0n) is 25.0. The molecule has 0 aromatic carbocycles. The molecule has 18 N–H and O–H groups in total. The maximum absolute atomic E-state index is 12.7. The van der Waals surface area contributed by atoms with Crippen LogP contribution in [0.4, 0.5) is 0 Å². The number of rotatable bonds is 15. The molecule has 0 radical (unpaired) electrons. The van der Waals surface area contributed by atoms with Crippen molar-refractivity contribution in [3.05, 3.63) is 0 Å². The first-order chi connectivity index (χ1) is 20.9. The minimum absolute atomic E-state index is 0.00808. The average Bonchev–Trinajstić information content (AvgIpc) is 2.98. The summed E-state index contributed by atoms with van der Waals surface area (Å²) in [7, 11) is 0. The molecular weight excluding hydrogens is 584 g/mol. The maximum atomic E-state index is 12.7. The molecule has 14 atom stereocenters. The number of carbonyl (C=O) groups is 1. The molecule has 0 bridgehead atoms. The van der Waals surface area contributed by atoms with Gasteiger partial charge in [-0.1, -0.05) is 0 Å². The summed E-state index contributed by atoms with van der Waals surface area (Å²) in [6, 6.07) is -3.61. The maximum Gasteiger partial charge on any atom is 0.249 e. The Bertz CT molecular complexity index is 862. The van der Waals surface area contributed by atoms with Crippen LogP contribution in [0.2, 0.25) is 0 Å². The lowest BCUT2D eigenvalue weighted by molar-refractivity contribution is -0.314. The van der Waals surface area contributed by atoms with Gasteiger partial charge in [-0.3, -0.25) is 9.69 Å². The van der Waals surface area contributed by atoms with Crippen LogP contribution in [0, 0.1) is 0 Å². The van der Waals surface area contributed by atoms with Crippen LogP contribution < -0.4 is 39.7 Å². The molecule has 44 heavy (non-hydrogen) atoms. The van der Waals surface area contributed by atoms with E-state index in [-0.39, 0.29) is 25.5 Å². The number of nitrogens with two attached hydrogens (primary N) is 6. The van der Waals surface area contributed by atoms with Crippen LogP contribution in [0.15, 0.2) is 0 Å². The number of nitrogens with one attached hydrogen (secondary N) is 1. The van der Waals surface area contributed by atoms with Crippen LogP contribution in [-0.2, 0) is 23.7 Å². The fourth-order valence-corrected chi connectivity index (χ4v) is 5.93. The Morgan fingerprint density at radius 3 is 2.16 bits per heavy atom. The lowest BCUT2D eigenvalue weighted by Crippen LogP contribution is -2.69. The minimum atomic E-state index is -1.56. The molecule has 3 fully saturated rings. The van der Waals surface area contributed by atoms with E-state index in [1.54, 1.807) is 0 Å². The van der Waals surface area contributed by atoms with Crippen molar-refractivity contribution in [2.75, 3.05) is 45.9 Å². The van der Waals surface area contributed by atoms with Gasteiger partial charge in [-0.15, -0.1) is 0 Å². The Labute approximate surface area is 257 Å². The minimum Gasteiger partial charge on any atom is -0.394 e. The molecule has 3 aliphatic rings. The van der Waals surface area contributed by atoms with Crippen LogP contribution in [0.25, 0.3) is 0 Å². The largest absolute Gasteiger partial charge is 0.394 e. The van der Waals surface area contributed by atoms with Gasteiger partial charge in [0.15, 0.2) is 12.6 Å². The highest BCUT2D eigenvalue weighted by atomic mass is 16.7. The van der Waals surface area contributed by atoms with Gasteiger partial charge in [0.2, 0.25) is 5.91 Å². The van der Waals surface area contributed by atoms with Crippen LogP contribution in [-0.4, -0.2) is 168 Å². The van der Waals surface area contributed by atoms with Gasteiger partial charge in [-0.2, -0.15) is 0 Å². The molecular formula is C26H54N8O10. The Morgan fingerprint density at radius 1 is 0.886 bits per heavy atom. The van der Waals surface area contributed by atoms with E-state index in [4.69, 9.17) is 53.3 Å². The van der Waals surface area contributed by atoms with Gasteiger partial charge in [-0.05, 0) is 32.2 Å². The first-order valence-corrected chi connectivity index (χ1v) is 15.3. The normalized spacial score (nSPS) is 40.6. The predicted molar refractivity (Wildman–Crippen MR) is 156 cm³/mol. The fourth-order valence-electron chi connectivity index (χ4n) is 5.93. The monoisotopic (exact) mass is 638 g/mol. The Hall–Kier alpha value is -1.17. The van der Waals surface area contributed by atoms with Crippen LogP contribution in [0.5, 0.6) is 0 Å². The van der Waals surface area contributed by atoms with Gasteiger partial charge in [0.25, 0.3) is 0 Å². The molecule has 1 amide bonds. The summed E-state index contributed by atoms with van der Waals surface area (Å²) in [5, 5.41) is 55.0. The van der Waals surface area contributed by atoms with E-state index in [1.165, 1.54) is 0 Å². The number of amides is 1. The molecule has 0 aromatic heterocycles. The molecule has 18 heteroatoms. The summed E-state index contributed by atoms with van der Waals surface area (Å²) >= 11 is 0. The Morgan fingerprint density at radius 2 is 1.55 bits per heavy atom. The third-order valence-corrected chi connectivity index (χ3v) is 8.46. The molecule has 0 spiro atoms.